The van der Waals surface area contributed by atoms with Gasteiger partial charge in [-0.15, -0.1) is 0 Å². The van der Waals surface area contributed by atoms with Crippen molar-refractivity contribution in [2.75, 3.05) is 0 Å². The van der Waals surface area contributed by atoms with Crippen molar-refractivity contribution >= 4 is 11.8 Å². The zero-order valence-corrected chi connectivity index (χ0v) is 10.7. The van der Waals surface area contributed by atoms with Crippen molar-refractivity contribution in [1.82, 2.24) is 5.32 Å². The fourth-order valence-corrected chi connectivity index (χ4v) is 2.37. The minimum atomic E-state index is -0.604. The van der Waals surface area contributed by atoms with Crippen LogP contribution in [0.4, 0.5) is 0 Å². The van der Waals surface area contributed by atoms with E-state index in [1.165, 1.54) is 0 Å². The Morgan fingerprint density at radius 1 is 1.29 bits per heavy atom. The summed E-state index contributed by atoms with van der Waals surface area (Å²) in [6.07, 6.45) is 4.19. The summed E-state index contributed by atoms with van der Waals surface area (Å²) in [5.74, 6) is -0.675. The molecule has 1 aliphatic rings. The van der Waals surface area contributed by atoms with Crippen LogP contribution >= 0.6 is 0 Å². The van der Waals surface area contributed by atoms with Crippen LogP contribution in [0.2, 0.25) is 0 Å². The standard InChI is InChI=1S/C12H23N3O2/c1-8(2)10(11(13)17)15-9(16)7-12(14)5-3-4-6-12/h8,10H,3-7,14H2,1-2H3,(H2,13,17)(H,15,16). The van der Waals surface area contributed by atoms with Gasteiger partial charge in [0.15, 0.2) is 0 Å². The lowest BCUT2D eigenvalue weighted by molar-refractivity contribution is -0.129. The molecule has 0 aromatic heterocycles. The summed E-state index contributed by atoms with van der Waals surface area (Å²) < 4.78 is 0. The predicted octanol–water partition coefficient (Wildman–Crippen LogP) is 0.274. The third kappa shape index (κ3) is 4.00. The number of nitrogens with two attached hydrogens (primary N) is 2. The second-order valence-electron chi connectivity index (χ2n) is 5.44. The molecule has 2 amide bonds. The van der Waals surface area contributed by atoms with Crippen molar-refractivity contribution in [3.8, 4) is 0 Å². The van der Waals surface area contributed by atoms with E-state index in [0.717, 1.165) is 25.7 Å². The molecule has 0 saturated heterocycles. The highest BCUT2D eigenvalue weighted by Crippen LogP contribution is 2.29. The average molecular weight is 241 g/mol. The van der Waals surface area contributed by atoms with Crippen LogP contribution in [-0.2, 0) is 9.59 Å². The van der Waals surface area contributed by atoms with Crippen LogP contribution in [0, 0.1) is 5.92 Å². The van der Waals surface area contributed by atoms with E-state index < -0.39 is 11.9 Å². The molecule has 1 atom stereocenters. The Morgan fingerprint density at radius 3 is 2.24 bits per heavy atom. The summed E-state index contributed by atoms with van der Waals surface area (Å²) in [5.41, 5.74) is 11.0. The molecule has 1 fully saturated rings. The molecule has 0 heterocycles. The number of carbonyl (C=O) groups is 2. The molecule has 5 nitrogen and oxygen atoms in total. The van der Waals surface area contributed by atoms with Crippen molar-refractivity contribution in [3.63, 3.8) is 0 Å². The summed E-state index contributed by atoms with van der Waals surface area (Å²) in [4.78, 5) is 23.0. The monoisotopic (exact) mass is 241 g/mol. The van der Waals surface area contributed by atoms with Crippen LogP contribution in [0.5, 0.6) is 0 Å². The van der Waals surface area contributed by atoms with Gasteiger partial charge in [-0.05, 0) is 18.8 Å². The number of hydrogen-bond donors (Lipinski definition) is 3. The Morgan fingerprint density at radius 2 is 1.82 bits per heavy atom. The minimum Gasteiger partial charge on any atom is -0.368 e. The van der Waals surface area contributed by atoms with Crippen molar-refractivity contribution < 1.29 is 9.59 Å². The summed E-state index contributed by atoms with van der Waals surface area (Å²) in [5, 5.41) is 2.67. The second-order valence-corrected chi connectivity index (χ2v) is 5.44. The third-order valence-corrected chi connectivity index (χ3v) is 3.40. The molecule has 0 aromatic carbocycles. The molecule has 1 saturated carbocycles. The number of carbonyl (C=O) groups excluding carboxylic acids is 2. The lowest BCUT2D eigenvalue weighted by Gasteiger charge is -2.25. The van der Waals surface area contributed by atoms with Gasteiger partial charge in [0, 0.05) is 12.0 Å². The van der Waals surface area contributed by atoms with Crippen molar-refractivity contribution in [1.29, 1.82) is 0 Å². The first kappa shape index (κ1) is 14.0. The summed E-state index contributed by atoms with van der Waals surface area (Å²) in [6.45, 7) is 3.70. The average Bonchev–Trinajstić information content (AvgIpc) is 2.60. The van der Waals surface area contributed by atoms with Crippen LogP contribution in [-0.4, -0.2) is 23.4 Å². The molecule has 1 rings (SSSR count). The molecule has 5 N–H and O–H groups in total. The zero-order valence-electron chi connectivity index (χ0n) is 10.7. The molecule has 98 valence electrons. The molecule has 1 unspecified atom stereocenters. The topological polar surface area (TPSA) is 98.2 Å². The minimum absolute atomic E-state index is 0.00578. The number of rotatable bonds is 5. The highest BCUT2D eigenvalue weighted by atomic mass is 16.2. The van der Waals surface area contributed by atoms with Crippen LogP contribution in [0.1, 0.15) is 46.0 Å². The molecular weight excluding hydrogens is 218 g/mol. The van der Waals surface area contributed by atoms with Crippen molar-refractivity contribution in [2.24, 2.45) is 17.4 Å². The Balaban J connectivity index is 2.50. The molecular formula is C12H23N3O2. The van der Waals surface area contributed by atoms with Gasteiger partial charge in [0.25, 0.3) is 0 Å². The van der Waals surface area contributed by atoms with Gasteiger partial charge >= 0.3 is 0 Å². The van der Waals surface area contributed by atoms with E-state index in [1.807, 2.05) is 13.8 Å². The molecule has 0 spiro atoms. The number of hydrogen-bond acceptors (Lipinski definition) is 3. The fourth-order valence-electron chi connectivity index (χ4n) is 2.37. The third-order valence-electron chi connectivity index (χ3n) is 3.40. The van der Waals surface area contributed by atoms with Crippen LogP contribution < -0.4 is 16.8 Å². The quantitative estimate of drug-likeness (QED) is 0.644. The highest BCUT2D eigenvalue weighted by Gasteiger charge is 2.33. The zero-order chi connectivity index (χ0) is 13.1. The molecule has 0 aromatic rings. The molecule has 5 heteroatoms. The normalized spacial score (nSPS) is 20.2. The van der Waals surface area contributed by atoms with Gasteiger partial charge in [-0.25, -0.2) is 0 Å². The van der Waals surface area contributed by atoms with Crippen LogP contribution in [0.25, 0.3) is 0 Å². The molecule has 1 aliphatic carbocycles. The van der Waals surface area contributed by atoms with Gasteiger partial charge in [-0.1, -0.05) is 26.7 Å². The summed E-state index contributed by atoms with van der Waals surface area (Å²) in [7, 11) is 0. The van der Waals surface area contributed by atoms with E-state index in [0.29, 0.717) is 0 Å². The fraction of sp³-hybridized carbons (Fsp3) is 0.833. The lowest BCUT2D eigenvalue weighted by atomic mass is 9.93. The predicted molar refractivity (Wildman–Crippen MR) is 66.0 cm³/mol. The second kappa shape index (κ2) is 5.49. The number of amides is 2. The van der Waals surface area contributed by atoms with Gasteiger partial charge in [0.2, 0.25) is 11.8 Å². The highest BCUT2D eigenvalue weighted by molar-refractivity contribution is 5.87. The number of nitrogens with one attached hydrogen (secondary N) is 1. The van der Waals surface area contributed by atoms with E-state index >= 15 is 0 Å². The summed E-state index contributed by atoms with van der Waals surface area (Å²) >= 11 is 0. The summed E-state index contributed by atoms with van der Waals surface area (Å²) in [6, 6.07) is -0.604. The Labute approximate surface area is 102 Å². The van der Waals surface area contributed by atoms with Crippen LogP contribution in [0.15, 0.2) is 0 Å². The lowest BCUT2D eigenvalue weighted by Crippen LogP contribution is -2.50. The van der Waals surface area contributed by atoms with Crippen LogP contribution in [0.3, 0.4) is 0 Å². The first-order valence-electron chi connectivity index (χ1n) is 6.22. The maximum atomic E-state index is 11.8. The van der Waals surface area contributed by atoms with Crippen molar-refractivity contribution in [3.05, 3.63) is 0 Å². The van der Waals surface area contributed by atoms with Gasteiger partial charge in [0.1, 0.15) is 6.04 Å². The Hall–Kier alpha value is -1.10. The Bertz CT molecular complexity index is 296. The van der Waals surface area contributed by atoms with E-state index in [9.17, 15) is 9.59 Å². The molecule has 0 radical (unpaired) electrons. The maximum absolute atomic E-state index is 11.8. The molecule has 0 aliphatic heterocycles. The molecule has 0 bridgehead atoms. The smallest absolute Gasteiger partial charge is 0.240 e. The Kier molecular flexibility index (Phi) is 4.51. The van der Waals surface area contributed by atoms with E-state index in [2.05, 4.69) is 5.32 Å². The van der Waals surface area contributed by atoms with Gasteiger partial charge in [-0.3, -0.25) is 9.59 Å². The first-order chi connectivity index (χ1) is 7.84. The van der Waals surface area contributed by atoms with Crippen molar-refractivity contribution in [2.45, 2.75) is 57.5 Å². The van der Waals surface area contributed by atoms with Gasteiger partial charge in [-0.2, -0.15) is 0 Å². The van der Waals surface area contributed by atoms with Gasteiger partial charge < -0.3 is 16.8 Å². The molecule has 17 heavy (non-hydrogen) atoms. The van der Waals surface area contributed by atoms with E-state index in [-0.39, 0.29) is 23.8 Å². The number of primary amides is 1. The SMILES string of the molecule is CC(C)C(NC(=O)CC1(N)CCCC1)C(N)=O. The first-order valence-corrected chi connectivity index (χ1v) is 6.22. The van der Waals surface area contributed by atoms with E-state index in [1.54, 1.807) is 0 Å². The maximum Gasteiger partial charge on any atom is 0.240 e. The van der Waals surface area contributed by atoms with Gasteiger partial charge in [0.05, 0.1) is 0 Å². The largest absolute Gasteiger partial charge is 0.368 e. The van der Waals surface area contributed by atoms with E-state index in [4.69, 9.17) is 11.5 Å².